The lowest BCUT2D eigenvalue weighted by atomic mass is 10.6. The van der Waals surface area contributed by atoms with Gasteiger partial charge < -0.3 is 4.74 Å². The molecule has 22 heteroatoms. The first-order valence-corrected chi connectivity index (χ1v) is 7.81. The van der Waals surface area contributed by atoms with E-state index < -0.39 is 55.5 Å². The van der Waals surface area contributed by atoms with E-state index >= 15 is 0 Å². The maximum absolute atomic E-state index is 11.4. The number of carbonyl (C=O) groups excluding carboxylic acids is 2. The molecule has 0 aliphatic rings. The first-order chi connectivity index (χ1) is 11.8. The molecular formula is C6F12O8S2. The highest BCUT2D eigenvalue weighted by atomic mass is 32.3. The van der Waals surface area contributed by atoms with Crippen molar-refractivity contribution in [2.75, 3.05) is 0 Å². The summed E-state index contributed by atoms with van der Waals surface area (Å²) in [6.07, 6.45) is -11.2. The molecule has 0 bridgehead atoms. The van der Waals surface area contributed by atoms with Gasteiger partial charge in [0.25, 0.3) is 0 Å². The average molecular weight is 492 g/mol. The SMILES string of the molecule is O=C(OC(=O)C(F)(F)F)C(F)(F)F.O=S(=O)(OS(=O)(=O)C(F)(F)F)C(F)(F)F. The van der Waals surface area contributed by atoms with Crippen LogP contribution in [0.5, 0.6) is 0 Å². The van der Waals surface area contributed by atoms with Crippen LogP contribution in [0, 0.1) is 0 Å². The highest BCUT2D eigenvalue weighted by molar-refractivity contribution is 8.00. The van der Waals surface area contributed by atoms with Gasteiger partial charge in [-0.05, 0) is 0 Å². The maximum Gasteiger partial charge on any atom is 0.524 e. The number of alkyl halides is 12. The molecule has 0 heterocycles. The summed E-state index contributed by atoms with van der Waals surface area (Å²) < 4.78 is 180. The van der Waals surface area contributed by atoms with Crippen LogP contribution in [0.4, 0.5) is 52.7 Å². The molecule has 0 fully saturated rings. The fourth-order valence-electron chi connectivity index (χ4n) is 0.395. The Kier molecular flexibility index (Phi) is 8.37. The van der Waals surface area contributed by atoms with Gasteiger partial charge in [-0.2, -0.15) is 69.5 Å². The van der Waals surface area contributed by atoms with Crippen LogP contribution in [-0.4, -0.2) is 52.1 Å². The molecule has 0 spiro atoms. The van der Waals surface area contributed by atoms with E-state index in [1.165, 1.54) is 0 Å². The van der Waals surface area contributed by atoms with E-state index in [1.807, 2.05) is 3.63 Å². The van der Waals surface area contributed by atoms with E-state index in [4.69, 9.17) is 0 Å². The zero-order valence-electron chi connectivity index (χ0n) is 11.6. The second kappa shape index (κ2) is 8.26. The van der Waals surface area contributed by atoms with Crippen LogP contribution in [0.3, 0.4) is 0 Å². The molecular weight excluding hydrogens is 492 g/mol. The Balaban J connectivity index is 0. The molecule has 0 radical (unpaired) electrons. The molecule has 168 valence electrons. The van der Waals surface area contributed by atoms with Gasteiger partial charge in [-0.15, -0.1) is 3.63 Å². The largest absolute Gasteiger partial charge is 0.524 e. The molecule has 0 atom stereocenters. The van der Waals surface area contributed by atoms with Crippen molar-refractivity contribution in [3.63, 3.8) is 0 Å². The van der Waals surface area contributed by atoms with Gasteiger partial charge >= 0.3 is 55.5 Å². The van der Waals surface area contributed by atoms with Crippen LogP contribution >= 0.6 is 0 Å². The third-order valence-corrected chi connectivity index (χ3v) is 3.96. The third-order valence-electron chi connectivity index (χ3n) is 1.39. The van der Waals surface area contributed by atoms with E-state index in [0.717, 1.165) is 0 Å². The van der Waals surface area contributed by atoms with Crippen molar-refractivity contribution in [2.24, 2.45) is 0 Å². The Morgan fingerprint density at radius 1 is 0.536 bits per heavy atom. The summed E-state index contributed by atoms with van der Waals surface area (Å²) in [5.41, 5.74) is -12.5. The second-order valence-corrected chi connectivity index (χ2v) is 6.83. The number of halogens is 12. The molecule has 0 aromatic carbocycles. The lowest BCUT2D eigenvalue weighted by Crippen LogP contribution is -2.34. The van der Waals surface area contributed by atoms with Crippen LogP contribution in [0.1, 0.15) is 0 Å². The van der Waals surface area contributed by atoms with Crippen molar-refractivity contribution in [2.45, 2.75) is 23.4 Å². The van der Waals surface area contributed by atoms with Crippen molar-refractivity contribution >= 4 is 32.2 Å². The first-order valence-electron chi connectivity index (χ1n) is 4.99. The Morgan fingerprint density at radius 3 is 0.893 bits per heavy atom. The van der Waals surface area contributed by atoms with Gasteiger partial charge in [-0.3, -0.25) is 0 Å². The van der Waals surface area contributed by atoms with Crippen molar-refractivity contribution in [1.29, 1.82) is 0 Å². The fourth-order valence-corrected chi connectivity index (χ4v) is 1.96. The molecule has 0 rings (SSSR count). The molecule has 0 N–H and O–H groups in total. The summed E-state index contributed by atoms with van der Waals surface area (Å²) in [5, 5.41) is 0. The molecule has 0 aliphatic heterocycles. The van der Waals surface area contributed by atoms with E-state index in [9.17, 15) is 79.1 Å². The summed E-state index contributed by atoms with van der Waals surface area (Å²) in [6, 6.07) is 0. The lowest BCUT2D eigenvalue weighted by Gasteiger charge is -2.09. The molecule has 0 aliphatic carbocycles. The Labute approximate surface area is 144 Å². The number of ether oxygens (including phenoxy) is 1. The number of carbonyl (C=O) groups is 2. The third kappa shape index (κ3) is 8.90. The zero-order chi connectivity index (χ0) is 23.6. The highest BCUT2D eigenvalue weighted by Gasteiger charge is 2.57. The van der Waals surface area contributed by atoms with Crippen LogP contribution in [-0.2, 0) is 38.2 Å². The van der Waals surface area contributed by atoms with E-state index in [1.54, 1.807) is 0 Å². The Bertz CT molecular complexity index is 714. The standard InChI is InChI=1S/C4F6O3.C2F6O5S2/c5-3(6,7)1(11)13-2(12)4(8,9)10;3-1(4,5)14(9,10)13-15(11,12)2(6,7)8. The molecule has 0 saturated carbocycles. The smallest absolute Gasteiger partial charge is 0.380 e. The van der Waals surface area contributed by atoms with Gasteiger partial charge in [0, 0.05) is 0 Å². The predicted octanol–water partition coefficient (Wildman–Crippen LogP) is 1.88. The van der Waals surface area contributed by atoms with Gasteiger partial charge in [0.1, 0.15) is 0 Å². The van der Waals surface area contributed by atoms with Gasteiger partial charge in [0.05, 0.1) is 0 Å². The first kappa shape index (κ1) is 28.4. The van der Waals surface area contributed by atoms with Crippen molar-refractivity contribution in [1.82, 2.24) is 0 Å². The maximum atomic E-state index is 11.4. The minimum Gasteiger partial charge on any atom is -0.380 e. The normalized spacial score (nSPS) is 14.0. The fraction of sp³-hybridized carbons (Fsp3) is 0.667. The summed E-state index contributed by atoms with van der Waals surface area (Å²) in [4.78, 5) is 19.3. The summed E-state index contributed by atoms with van der Waals surface area (Å²) in [5.74, 6) is -6.40. The lowest BCUT2D eigenvalue weighted by molar-refractivity contribution is -0.221. The second-order valence-electron chi connectivity index (χ2n) is 3.54. The molecule has 0 aromatic rings. The van der Waals surface area contributed by atoms with Gasteiger partial charge in [0.15, 0.2) is 0 Å². The van der Waals surface area contributed by atoms with E-state index in [2.05, 4.69) is 4.74 Å². The summed E-state index contributed by atoms with van der Waals surface area (Å²) >= 11 is 0. The number of esters is 2. The topological polar surface area (TPSA) is 121 Å². The van der Waals surface area contributed by atoms with E-state index in [0.29, 0.717) is 0 Å². The molecule has 0 unspecified atom stereocenters. The minimum atomic E-state index is -6.85. The molecule has 0 aromatic heterocycles. The Hall–Kier alpha value is -1.84. The number of hydrogen-bond acceptors (Lipinski definition) is 8. The van der Waals surface area contributed by atoms with Crippen LogP contribution in [0.2, 0.25) is 0 Å². The minimum absolute atomic E-state index is 2.05. The van der Waals surface area contributed by atoms with Gasteiger partial charge in [-0.1, -0.05) is 0 Å². The van der Waals surface area contributed by atoms with Gasteiger partial charge in [-0.25, -0.2) is 9.59 Å². The molecule has 0 saturated heterocycles. The highest BCUT2D eigenvalue weighted by Crippen LogP contribution is 2.32. The number of hydrogen-bond donors (Lipinski definition) is 0. The number of rotatable bonds is 2. The summed E-state index contributed by atoms with van der Waals surface area (Å²) in [7, 11) is -13.7. The predicted molar refractivity (Wildman–Crippen MR) is 54.2 cm³/mol. The molecule has 0 amide bonds. The zero-order valence-corrected chi connectivity index (χ0v) is 13.3. The van der Waals surface area contributed by atoms with E-state index in [-0.39, 0.29) is 0 Å². The molecule has 28 heavy (non-hydrogen) atoms. The summed E-state index contributed by atoms with van der Waals surface area (Å²) in [6.45, 7) is 0. The quantitative estimate of drug-likeness (QED) is 0.248. The van der Waals surface area contributed by atoms with Crippen molar-refractivity contribution in [3.8, 4) is 0 Å². The van der Waals surface area contributed by atoms with Gasteiger partial charge in [0.2, 0.25) is 0 Å². The Morgan fingerprint density at radius 2 is 0.750 bits per heavy atom. The van der Waals surface area contributed by atoms with Crippen molar-refractivity contribution in [3.05, 3.63) is 0 Å². The van der Waals surface area contributed by atoms with Crippen LogP contribution in [0.25, 0.3) is 0 Å². The van der Waals surface area contributed by atoms with Crippen LogP contribution in [0.15, 0.2) is 0 Å². The monoisotopic (exact) mass is 492 g/mol. The molecule has 8 nitrogen and oxygen atoms in total. The van der Waals surface area contributed by atoms with Crippen LogP contribution < -0.4 is 0 Å². The van der Waals surface area contributed by atoms with Crippen molar-refractivity contribution < 1.29 is 87.5 Å². The average Bonchev–Trinajstić information content (AvgIpc) is 2.32.